The molecule has 1 heterocycles. The summed E-state index contributed by atoms with van der Waals surface area (Å²) in [5, 5.41) is 10.2. The van der Waals surface area contributed by atoms with Crippen LogP contribution in [0.2, 0.25) is 0 Å². The first-order chi connectivity index (χ1) is 16.6. The Labute approximate surface area is 208 Å². The first kappa shape index (κ1) is 25.6. The highest BCUT2D eigenvalue weighted by Gasteiger charge is 2.35. The van der Waals surface area contributed by atoms with E-state index < -0.39 is 0 Å². The number of piperazine rings is 1. The second-order valence-corrected chi connectivity index (χ2v) is 11.2. The summed E-state index contributed by atoms with van der Waals surface area (Å²) in [5.74, 6) is 3.06. The number of hydrogen-bond donors (Lipinski definition) is 1. The van der Waals surface area contributed by atoms with Gasteiger partial charge in [0, 0.05) is 26.2 Å². The number of para-hydroxylation sites is 2. The number of unbranched alkanes of at least 4 members (excludes halogenated alkanes) is 2. The minimum absolute atomic E-state index is 0.144. The van der Waals surface area contributed by atoms with Crippen LogP contribution in [0, 0.1) is 17.8 Å². The maximum atomic E-state index is 10.2. The summed E-state index contributed by atoms with van der Waals surface area (Å²) in [7, 11) is 1.77. The molecule has 1 saturated heterocycles. The standard InChI is InChI=1S/C30H48N2O2/c1-23-22-25(15-16-26(23)28-12-9-11-27(28)24(2)33)10-5-4-8-17-31-18-20-32(21-19-31)29-13-6-7-14-30(29)34-3/h6-7,13-14,24-25,27-28,33H,4-5,8-12,15-22H2,1-3H3/t24-,25-,27?,28+/m1/s1. The lowest BCUT2D eigenvalue weighted by Crippen LogP contribution is -2.46. The van der Waals surface area contributed by atoms with E-state index >= 15 is 0 Å². The minimum atomic E-state index is -0.144. The van der Waals surface area contributed by atoms with Crippen LogP contribution in [0.4, 0.5) is 5.69 Å². The maximum Gasteiger partial charge on any atom is 0.142 e. The van der Waals surface area contributed by atoms with Gasteiger partial charge in [-0.3, -0.25) is 4.90 Å². The van der Waals surface area contributed by atoms with Gasteiger partial charge in [-0.1, -0.05) is 49.0 Å². The second-order valence-electron chi connectivity index (χ2n) is 11.2. The summed E-state index contributed by atoms with van der Waals surface area (Å²) in [6.07, 6.45) is 13.1. The third-order valence-electron chi connectivity index (χ3n) is 8.99. The molecule has 1 aromatic carbocycles. The average molecular weight is 469 g/mol. The van der Waals surface area contributed by atoms with Crippen LogP contribution in [0.25, 0.3) is 0 Å². The fourth-order valence-electron chi connectivity index (χ4n) is 7.03. The smallest absolute Gasteiger partial charge is 0.142 e. The summed E-state index contributed by atoms with van der Waals surface area (Å²) in [4.78, 5) is 5.11. The molecule has 1 N–H and O–H groups in total. The monoisotopic (exact) mass is 468 g/mol. The molecule has 0 radical (unpaired) electrons. The summed E-state index contributed by atoms with van der Waals surface area (Å²) < 4.78 is 5.55. The van der Waals surface area contributed by atoms with Crippen molar-refractivity contribution in [3.8, 4) is 5.75 Å². The van der Waals surface area contributed by atoms with E-state index in [1.807, 2.05) is 13.0 Å². The van der Waals surface area contributed by atoms with Crippen LogP contribution >= 0.6 is 0 Å². The lowest BCUT2D eigenvalue weighted by molar-refractivity contribution is 0.109. The predicted octanol–water partition coefficient (Wildman–Crippen LogP) is 6.29. The van der Waals surface area contributed by atoms with Crippen molar-refractivity contribution in [3.05, 3.63) is 35.4 Å². The predicted molar refractivity (Wildman–Crippen MR) is 143 cm³/mol. The number of aliphatic hydroxyl groups is 1. The largest absolute Gasteiger partial charge is 0.495 e. The SMILES string of the molecule is COc1ccccc1N1CCN(CCCCC[C@@H]2CCC([C@@H]3CCCC3[C@@H](C)O)=C(C)C2)CC1. The summed E-state index contributed by atoms with van der Waals surface area (Å²) >= 11 is 0. The highest BCUT2D eigenvalue weighted by Crippen LogP contribution is 2.45. The Morgan fingerprint density at radius 2 is 1.82 bits per heavy atom. The number of allylic oxidation sites excluding steroid dienone is 2. The molecule has 0 aromatic heterocycles. The number of ether oxygens (including phenoxy) is 1. The number of nitrogens with zero attached hydrogens (tertiary/aromatic N) is 2. The molecule has 4 rings (SSSR count). The molecule has 1 saturated carbocycles. The number of rotatable bonds is 10. The first-order valence-corrected chi connectivity index (χ1v) is 14.0. The van der Waals surface area contributed by atoms with E-state index in [1.165, 1.54) is 76.4 Å². The van der Waals surface area contributed by atoms with Gasteiger partial charge < -0.3 is 14.7 Å². The molecule has 2 fully saturated rings. The summed E-state index contributed by atoms with van der Waals surface area (Å²) in [5.41, 5.74) is 4.63. The van der Waals surface area contributed by atoms with Crippen molar-refractivity contribution in [2.24, 2.45) is 17.8 Å². The van der Waals surface area contributed by atoms with Gasteiger partial charge in [-0.2, -0.15) is 0 Å². The Kier molecular flexibility index (Phi) is 9.36. The molecule has 4 nitrogen and oxygen atoms in total. The Bertz CT molecular complexity index is 797. The molecule has 0 spiro atoms. The number of methoxy groups -OCH3 is 1. The highest BCUT2D eigenvalue weighted by atomic mass is 16.5. The molecule has 2 aliphatic carbocycles. The zero-order chi connectivity index (χ0) is 23.9. The van der Waals surface area contributed by atoms with Crippen molar-refractivity contribution in [3.63, 3.8) is 0 Å². The fourth-order valence-corrected chi connectivity index (χ4v) is 7.03. The Morgan fingerprint density at radius 1 is 1.03 bits per heavy atom. The molecule has 4 atom stereocenters. The normalized spacial score (nSPS) is 27.3. The number of aliphatic hydroxyl groups excluding tert-OH is 1. The lowest BCUT2D eigenvalue weighted by Gasteiger charge is -2.36. The molecule has 190 valence electrons. The molecule has 4 heteroatoms. The molecular weight excluding hydrogens is 420 g/mol. The van der Waals surface area contributed by atoms with Crippen molar-refractivity contribution >= 4 is 5.69 Å². The number of benzene rings is 1. The first-order valence-electron chi connectivity index (χ1n) is 14.0. The van der Waals surface area contributed by atoms with E-state index in [1.54, 1.807) is 18.3 Å². The van der Waals surface area contributed by atoms with Crippen LogP contribution in [-0.2, 0) is 0 Å². The van der Waals surface area contributed by atoms with Crippen LogP contribution in [0.15, 0.2) is 35.4 Å². The highest BCUT2D eigenvalue weighted by molar-refractivity contribution is 5.58. The van der Waals surface area contributed by atoms with Crippen molar-refractivity contribution in [1.29, 1.82) is 0 Å². The third-order valence-corrected chi connectivity index (χ3v) is 8.99. The van der Waals surface area contributed by atoms with Crippen molar-refractivity contribution < 1.29 is 9.84 Å². The van der Waals surface area contributed by atoms with Crippen molar-refractivity contribution in [1.82, 2.24) is 4.90 Å². The Morgan fingerprint density at radius 3 is 2.56 bits per heavy atom. The van der Waals surface area contributed by atoms with Crippen molar-refractivity contribution in [2.45, 2.75) is 84.2 Å². The topological polar surface area (TPSA) is 35.9 Å². The summed E-state index contributed by atoms with van der Waals surface area (Å²) in [6, 6.07) is 8.40. The Hall–Kier alpha value is -1.52. The van der Waals surface area contributed by atoms with E-state index in [9.17, 15) is 5.11 Å². The molecule has 0 amide bonds. The van der Waals surface area contributed by atoms with Gasteiger partial charge >= 0.3 is 0 Å². The van der Waals surface area contributed by atoms with Crippen LogP contribution in [-0.4, -0.2) is 55.9 Å². The van der Waals surface area contributed by atoms with E-state index in [0.29, 0.717) is 11.8 Å². The van der Waals surface area contributed by atoms with Crippen molar-refractivity contribution in [2.75, 3.05) is 44.7 Å². The van der Waals surface area contributed by atoms with Crippen LogP contribution < -0.4 is 9.64 Å². The molecular formula is C30H48N2O2. The van der Waals surface area contributed by atoms with Gasteiger partial charge in [0.25, 0.3) is 0 Å². The second kappa shape index (κ2) is 12.4. The van der Waals surface area contributed by atoms with E-state index in [0.717, 1.165) is 37.8 Å². The average Bonchev–Trinajstić information content (AvgIpc) is 3.34. The molecule has 34 heavy (non-hydrogen) atoms. The quantitative estimate of drug-likeness (QED) is 0.323. The molecule has 1 unspecified atom stereocenters. The minimum Gasteiger partial charge on any atom is -0.495 e. The van der Waals surface area contributed by atoms with Gasteiger partial charge in [0.1, 0.15) is 5.75 Å². The fraction of sp³-hybridized carbons (Fsp3) is 0.733. The molecule has 0 bridgehead atoms. The zero-order valence-corrected chi connectivity index (χ0v) is 22.0. The Balaban J connectivity index is 1.12. The van der Waals surface area contributed by atoms with Gasteiger partial charge in [-0.15, -0.1) is 0 Å². The third kappa shape index (κ3) is 6.37. The van der Waals surface area contributed by atoms with Crippen LogP contribution in [0.1, 0.15) is 78.1 Å². The zero-order valence-electron chi connectivity index (χ0n) is 22.0. The van der Waals surface area contributed by atoms with Crippen LogP contribution in [0.3, 0.4) is 0 Å². The lowest BCUT2D eigenvalue weighted by atomic mass is 9.74. The summed E-state index contributed by atoms with van der Waals surface area (Å²) in [6.45, 7) is 10.1. The molecule has 1 aromatic rings. The number of anilines is 1. The molecule has 1 aliphatic heterocycles. The molecule has 3 aliphatic rings. The number of hydrogen-bond acceptors (Lipinski definition) is 4. The van der Waals surface area contributed by atoms with Gasteiger partial charge in [0.05, 0.1) is 18.9 Å². The van der Waals surface area contributed by atoms with Crippen LogP contribution in [0.5, 0.6) is 5.75 Å². The van der Waals surface area contributed by atoms with E-state index in [-0.39, 0.29) is 6.10 Å². The van der Waals surface area contributed by atoms with E-state index in [2.05, 4.69) is 34.9 Å². The van der Waals surface area contributed by atoms with E-state index in [4.69, 9.17) is 4.74 Å². The van der Waals surface area contributed by atoms with Gasteiger partial charge in [0.15, 0.2) is 0 Å². The van der Waals surface area contributed by atoms with Gasteiger partial charge in [-0.25, -0.2) is 0 Å². The maximum absolute atomic E-state index is 10.2. The van der Waals surface area contributed by atoms with Gasteiger partial charge in [0.2, 0.25) is 0 Å². The van der Waals surface area contributed by atoms with Gasteiger partial charge in [-0.05, 0) is 88.8 Å².